The topological polar surface area (TPSA) is 38.1 Å². The lowest BCUT2D eigenvalue weighted by atomic mass is 10.0. The summed E-state index contributed by atoms with van der Waals surface area (Å²) in [7, 11) is 1.91. The average molecular weight is 317 g/mol. The summed E-state index contributed by atoms with van der Waals surface area (Å²) in [5.74, 6) is 0.839. The van der Waals surface area contributed by atoms with Gasteiger partial charge in [0.05, 0.1) is 16.4 Å². The Hall–Kier alpha value is -1.65. The summed E-state index contributed by atoms with van der Waals surface area (Å²) >= 11 is 3.51. The second-order valence-electron chi connectivity index (χ2n) is 4.27. The quantitative estimate of drug-likeness (QED) is 0.796. The van der Waals surface area contributed by atoms with E-state index in [1.807, 2.05) is 37.5 Å². The Bertz CT molecular complexity index is 703. The minimum Gasteiger partial charge on any atom is -0.466 e. The van der Waals surface area contributed by atoms with Crippen molar-refractivity contribution in [3.63, 3.8) is 0 Å². The largest absolute Gasteiger partial charge is 0.466 e. The smallest absolute Gasteiger partial charge is 0.140 e. The Morgan fingerprint density at radius 1 is 1.21 bits per heavy atom. The van der Waals surface area contributed by atoms with Crippen LogP contribution < -0.4 is 5.32 Å². The molecule has 3 rings (SSSR count). The van der Waals surface area contributed by atoms with Crippen molar-refractivity contribution in [2.75, 3.05) is 7.05 Å². The molecule has 0 fully saturated rings. The van der Waals surface area contributed by atoms with Gasteiger partial charge in [0.2, 0.25) is 0 Å². The van der Waals surface area contributed by atoms with Crippen LogP contribution in [0.15, 0.2) is 57.7 Å². The van der Waals surface area contributed by atoms with Crippen LogP contribution >= 0.6 is 15.9 Å². The van der Waals surface area contributed by atoms with E-state index in [-0.39, 0.29) is 6.04 Å². The molecule has 3 aromatic rings. The molecule has 0 aliphatic carbocycles. The number of halogens is 1. The van der Waals surface area contributed by atoms with Gasteiger partial charge >= 0.3 is 0 Å². The number of nitrogens with zero attached hydrogens (tertiary/aromatic N) is 1. The molecule has 0 radical (unpaired) electrons. The van der Waals surface area contributed by atoms with Gasteiger partial charge in [-0.25, -0.2) is 0 Å². The van der Waals surface area contributed by atoms with Gasteiger partial charge in [0.1, 0.15) is 11.8 Å². The third kappa shape index (κ3) is 2.17. The van der Waals surface area contributed by atoms with E-state index in [2.05, 4.69) is 38.4 Å². The summed E-state index contributed by atoms with van der Waals surface area (Å²) in [4.78, 5) is 4.53. The standard InChI is InChI=1S/C15H13BrN2O/c1-17-14(15-12(16)7-9-19-15)13-11-5-3-2-4-10(11)6-8-18-13/h2-9,14,17H,1H3. The Morgan fingerprint density at radius 2 is 2.05 bits per heavy atom. The van der Waals surface area contributed by atoms with Gasteiger partial charge in [-0.1, -0.05) is 24.3 Å². The maximum absolute atomic E-state index is 5.57. The van der Waals surface area contributed by atoms with Crippen molar-refractivity contribution in [2.24, 2.45) is 0 Å². The molecule has 2 aromatic heterocycles. The molecule has 1 aromatic carbocycles. The number of hydrogen-bond donors (Lipinski definition) is 1. The van der Waals surface area contributed by atoms with Gasteiger partial charge in [-0.2, -0.15) is 0 Å². The molecule has 1 N–H and O–H groups in total. The zero-order valence-corrected chi connectivity index (χ0v) is 12.0. The SMILES string of the molecule is CNC(c1occc1Br)c1nccc2ccccc12. The highest BCUT2D eigenvalue weighted by Gasteiger charge is 2.21. The Kier molecular flexibility index (Phi) is 3.36. The molecule has 1 unspecified atom stereocenters. The molecule has 0 saturated heterocycles. The van der Waals surface area contributed by atoms with Crippen molar-refractivity contribution >= 4 is 26.7 Å². The minimum atomic E-state index is -0.0736. The van der Waals surface area contributed by atoms with Crippen LogP contribution in [0.25, 0.3) is 10.8 Å². The Morgan fingerprint density at radius 3 is 2.79 bits per heavy atom. The molecule has 96 valence electrons. The van der Waals surface area contributed by atoms with Crippen molar-refractivity contribution in [3.8, 4) is 0 Å². The van der Waals surface area contributed by atoms with Crippen molar-refractivity contribution in [1.82, 2.24) is 10.3 Å². The zero-order valence-electron chi connectivity index (χ0n) is 10.4. The molecule has 2 heterocycles. The number of pyridine rings is 1. The van der Waals surface area contributed by atoms with Gasteiger partial charge in [-0.15, -0.1) is 0 Å². The van der Waals surface area contributed by atoms with Crippen LogP contribution in [0.5, 0.6) is 0 Å². The van der Waals surface area contributed by atoms with E-state index in [0.717, 1.165) is 21.3 Å². The van der Waals surface area contributed by atoms with Crippen molar-refractivity contribution in [3.05, 3.63) is 64.8 Å². The Balaban J connectivity index is 2.20. The van der Waals surface area contributed by atoms with E-state index in [4.69, 9.17) is 4.42 Å². The summed E-state index contributed by atoms with van der Waals surface area (Å²) in [6.07, 6.45) is 3.51. The highest BCUT2D eigenvalue weighted by Crippen LogP contribution is 2.31. The van der Waals surface area contributed by atoms with Crippen molar-refractivity contribution < 1.29 is 4.42 Å². The van der Waals surface area contributed by atoms with Gasteiger partial charge in [0.25, 0.3) is 0 Å². The van der Waals surface area contributed by atoms with Crippen molar-refractivity contribution in [1.29, 1.82) is 0 Å². The second-order valence-corrected chi connectivity index (χ2v) is 5.13. The van der Waals surface area contributed by atoms with Gasteiger partial charge < -0.3 is 9.73 Å². The van der Waals surface area contributed by atoms with Crippen LogP contribution in [0.2, 0.25) is 0 Å². The monoisotopic (exact) mass is 316 g/mol. The molecule has 0 aliphatic heterocycles. The van der Waals surface area contributed by atoms with E-state index in [0.29, 0.717) is 0 Å². The van der Waals surface area contributed by atoms with Gasteiger partial charge in [-0.05, 0) is 40.5 Å². The second kappa shape index (κ2) is 5.15. The lowest BCUT2D eigenvalue weighted by molar-refractivity contribution is 0.458. The molecule has 3 nitrogen and oxygen atoms in total. The number of rotatable bonds is 3. The van der Waals surface area contributed by atoms with Gasteiger partial charge in [-0.3, -0.25) is 4.98 Å². The number of fused-ring (bicyclic) bond motifs is 1. The maximum atomic E-state index is 5.57. The van der Waals surface area contributed by atoms with Crippen LogP contribution in [0.3, 0.4) is 0 Å². The number of furan rings is 1. The molecule has 4 heteroatoms. The fraction of sp³-hybridized carbons (Fsp3) is 0.133. The molecule has 0 aliphatic rings. The predicted molar refractivity (Wildman–Crippen MR) is 79.1 cm³/mol. The zero-order chi connectivity index (χ0) is 13.2. The normalized spacial score (nSPS) is 12.7. The number of aromatic nitrogens is 1. The number of nitrogens with one attached hydrogen (secondary N) is 1. The van der Waals surface area contributed by atoms with E-state index in [1.54, 1.807) is 6.26 Å². The fourth-order valence-corrected chi connectivity index (χ4v) is 2.71. The van der Waals surface area contributed by atoms with Crippen LogP contribution in [-0.4, -0.2) is 12.0 Å². The highest BCUT2D eigenvalue weighted by molar-refractivity contribution is 9.10. The van der Waals surface area contributed by atoms with Crippen LogP contribution in [-0.2, 0) is 0 Å². The first kappa shape index (κ1) is 12.4. The maximum Gasteiger partial charge on any atom is 0.140 e. The van der Waals surface area contributed by atoms with E-state index in [1.165, 1.54) is 5.39 Å². The third-order valence-electron chi connectivity index (χ3n) is 3.17. The lowest BCUT2D eigenvalue weighted by Gasteiger charge is -2.16. The predicted octanol–water partition coefficient (Wildman–Crippen LogP) is 3.90. The fourth-order valence-electron chi connectivity index (χ4n) is 2.28. The molecule has 0 spiro atoms. The van der Waals surface area contributed by atoms with Gasteiger partial charge in [0, 0.05) is 11.6 Å². The summed E-state index contributed by atoms with van der Waals surface area (Å²) in [6.45, 7) is 0. The summed E-state index contributed by atoms with van der Waals surface area (Å²) < 4.78 is 6.52. The molecule has 0 bridgehead atoms. The first-order valence-corrected chi connectivity index (χ1v) is 6.84. The van der Waals surface area contributed by atoms with E-state index >= 15 is 0 Å². The first-order chi connectivity index (χ1) is 9.31. The highest BCUT2D eigenvalue weighted by atomic mass is 79.9. The van der Waals surface area contributed by atoms with E-state index < -0.39 is 0 Å². The minimum absolute atomic E-state index is 0.0736. The summed E-state index contributed by atoms with van der Waals surface area (Å²) in [5.41, 5.74) is 0.969. The summed E-state index contributed by atoms with van der Waals surface area (Å²) in [6, 6.07) is 12.1. The van der Waals surface area contributed by atoms with Crippen LogP contribution in [0.1, 0.15) is 17.5 Å². The molecule has 19 heavy (non-hydrogen) atoms. The molecule has 1 atom stereocenters. The molecule has 0 saturated carbocycles. The molecular weight excluding hydrogens is 304 g/mol. The Labute approximate surface area is 119 Å². The number of hydrogen-bond acceptors (Lipinski definition) is 3. The summed E-state index contributed by atoms with van der Waals surface area (Å²) in [5, 5.41) is 5.58. The molecular formula is C15H13BrN2O. The third-order valence-corrected chi connectivity index (χ3v) is 3.83. The first-order valence-electron chi connectivity index (χ1n) is 6.05. The van der Waals surface area contributed by atoms with Gasteiger partial charge in [0.15, 0.2) is 0 Å². The van der Waals surface area contributed by atoms with Crippen LogP contribution in [0, 0.1) is 0 Å². The molecule has 0 amide bonds. The average Bonchev–Trinajstić information content (AvgIpc) is 2.86. The van der Waals surface area contributed by atoms with Crippen LogP contribution in [0.4, 0.5) is 0 Å². The number of benzene rings is 1. The van der Waals surface area contributed by atoms with E-state index in [9.17, 15) is 0 Å². The van der Waals surface area contributed by atoms with Crippen molar-refractivity contribution in [2.45, 2.75) is 6.04 Å². The lowest BCUT2D eigenvalue weighted by Crippen LogP contribution is -2.19.